The molecule has 5 nitrogen and oxygen atoms in total. The molecule has 1 saturated heterocycles. The molecule has 0 atom stereocenters. The van der Waals surface area contributed by atoms with Crippen LogP contribution in [0, 0.1) is 0 Å². The van der Waals surface area contributed by atoms with E-state index in [4.69, 9.17) is 0 Å². The summed E-state index contributed by atoms with van der Waals surface area (Å²) >= 11 is 0. The van der Waals surface area contributed by atoms with Crippen molar-refractivity contribution >= 4 is 10.0 Å². The van der Waals surface area contributed by atoms with Crippen molar-refractivity contribution in [1.82, 2.24) is 14.5 Å². The van der Waals surface area contributed by atoms with Crippen molar-refractivity contribution in [3.8, 4) is 0 Å². The number of sulfonamides is 1. The molecule has 0 bridgehead atoms. The van der Waals surface area contributed by atoms with Gasteiger partial charge in [0, 0.05) is 33.2 Å². The summed E-state index contributed by atoms with van der Waals surface area (Å²) in [5.41, 5.74) is 2.48. The lowest BCUT2D eigenvalue weighted by molar-refractivity contribution is 0.190. The zero-order chi connectivity index (χ0) is 19.3. The van der Waals surface area contributed by atoms with Crippen LogP contribution in [0.3, 0.4) is 0 Å². The molecule has 0 amide bonds. The summed E-state index contributed by atoms with van der Waals surface area (Å²) in [6, 6.07) is 18.3. The highest BCUT2D eigenvalue weighted by molar-refractivity contribution is 7.89. The monoisotopic (exact) mass is 387 g/mol. The average molecular weight is 388 g/mol. The fourth-order valence-corrected chi connectivity index (χ4v) is 4.29. The fraction of sp³-hybridized carbons (Fsp3) is 0.429. The lowest BCUT2D eigenvalue weighted by Crippen LogP contribution is -2.41. The molecule has 0 radical (unpaired) electrons. The van der Waals surface area contributed by atoms with Crippen molar-refractivity contribution in [3.63, 3.8) is 0 Å². The second-order valence-electron chi connectivity index (χ2n) is 7.35. The van der Waals surface area contributed by atoms with Crippen LogP contribution in [0.25, 0.3) is 0 Å². The molecule has 146 valence electrons. The molecule has 1 aliphatic rings. The molecule has 0 aromatic heterocycles. The van der Waals surface area contributed by atoms with E-state index in [9.17, 15) is 8.42 Å². The third-order valence-electron chi connectivity index (χ3n) is 5.13. The summed E-state index contributed by atoms with van der Waals surface area (Å²) in [5.74, 6) is 0. The molecule has 1 N–H and O–H groups in total. The quantitative estimate of drug-likeness (QED) is 0.794. The molecule has 0 spiro atoms. The molecule has 2 aromatic rings. The van der Waals surface area contributed by atoms with E-state index in [2.05, 4.69) is 40.5 Å². The van der Waals surface area contributed by atoms with Crippen molar-refractivity contribution in [2.45, 2.75) is 36.9 Å². The first kappa shape index (κ1) is 20.0. The smallest absolute Gasteiger partial charge is 0.242 e. The Labute approximate surface area is 163 Å². The lowest BCUT2D eigenvalue weighted by atomic mass is 10.0. The van der Waals surface area contributed by atoms with Gasteiger partial charge in [0.2, 0.25) is 10.0 Å². The van der Waals surface area contributed by atoms with Crippen LogP contribution in [0.2, 0.25) is 0 Å². The van der Waals surface area contributed by atoms with Crippen molar-refractivity contribution in [2.24, 2.45) is 0 Å². The van der Waals surface area contributed by atoms with Crippen molar-refractivity contribution in [1.29, 1.82) is 0 Å². The topological polar surface area (TPSA) is 52.7 Å². The van der Waals surface area contributed by atoms with E-state index in [-0.39, 0.29) is 0 Å². The maximum absolute atomic E-state index is 12.1. The van der Waals surface area contributed by atoms with Crippen LogP contribution in [0.4, 0.5) is 0 Å². The standard InChI is InChI=1S/C21H29N3O2S/c1-23(2)27(25,26)21-10-8-18(9-11-21)16-22-20-12-14-24(15-13-20)17-19-6-4-3-5-7-19/h3-11,20,22H,12-17H2,1-2H3. The number of hydrogen-bond donors (Lipinski definition) is 1. The Morgan fingerprint density at radius 1 is 0.963 bits per heavy atom. The highest BCUT2D eigenvalue weighted by Gasteiger charge is 2.19. The molecule has 0 saturated carbocycles. The Kier molecular flexibility index (Phi) is 6.65. The Balaban J connectivity index is 1.45. The molecule has 2 aromatic carbocycles. The van der Waals surface area contributed by atoms with Crippen LogP contribution in [0.5, 0.6) is 0 Å². The third-order valence-corrected chi connectivity index (χ3v) is 6.96. The maximum Gasteiger partial charge on any atom is 0.242 e. The number of nitrogens with one attached hydrogen (secondary N) is 1. The van der Waals surface area contributed by atoms with Gasteiger partial charge in [0.15, 0.2) is 0 Å². The second-order valence-corrected chi connectivity index (χ2v) is 9.50. The third kappa shape index (κ3) is 5.39. The number of likely N-dealkylation sites (tertiary alicyclic amines) is 1. The van der Waals surface area contributed by atoms with Crippen molar-refractivity contribution in [3.05, 3.63) is 65.7 Å². The predicted octanol–water partition coefficient (Wildman–Crippen LogP) is 2.69. The highest BCUT2D eigenvalue weighted by atomic mass is 32.2. The van der Waals surface area contributed by atoms with Crippen molar-refractivity contribution in [2.75, 3.05) is 27.2 Å². The second kappa shape index (κ2) is 8.97. The van der Waals surface area contributed by atoms with E-state index in [1.54, 1.807) is 26.2 Å². The molecule has 27 heavy (non-hydrogen) atoms. The van der Waals surface area contributed by atoms with Gasteiger partial charge in [-0.1, -0.05) is 42.5 Å². The van der Waals surface area contributed by atoms with Gasteiger partial charge < -0.3 is 5.32 Å². The normalized spacial score (nSPS) is 16.7. The highest BCUT2D eigenvalue weighted by Crippen LogP contribution is 2.16. The first-order valence-corrected chi connectivity index (χ1v) is 10.9. The molecule has 0 unspecified atom stereocenters. The number of benzene rings is 2. The number of rotatable bonds is 7. The maximum atomic E-state index is 12.1. The number of hydrogen-bond acceptors (Lipinski definition) is 4. The summed E-state index contributed by atoms with van der Waals surface area (Å²) in [5, 5.41) is 3.62. The van der Waals surface area contributed by atoms with Gasteiger partial charge in [-0.15, -0.1) is 0 Å². The predicted molar refractivity (Wildman–Crippen MR) is 109 cm³/mol. The average Bonchev–Trinajstić information content (AvgIpc) is 2.68. The minimum Gasteiger partial charge on any atom is -0.310 e. The van der Waals surface area contributed by atoms with E-state index in [1.807, 2.05) is 12.1 Å². The fourth-order valence-electron chi connectivity index (χ4n) is 3.39. The van der Waals surface area contributed by atoms with Gasteiger partial charge >= 0.3 is 0 Å². The van der Waals surface area contributed by atoms with E-state index in [0.717, 1.165) is 44.6 Å². The molecule has 6 heteroatoms. The van der Waals surface area contributed by atoms with Gasteiger partial charge in [0.1, 0.15) is 0 Å². The zero-order valence-corrected chi connectivity index (χ0v) is 17.0. The molecule has 1 fully saturated rings. The Bertz CT molecular complexity index is 812. The summed E-state index contributed by atoms with van der Waals surface area (Å²) in [6.45, 7) is 4.00. The molecule has 1 heterocycles. The summed E-state index contributed by atoms with van der Waals surface area (Å²) in [7, 11) is -0.253. The molecule has 3 rings (SSSR count). The summed E-state index contributed by atoms with van der Waals surface area (Å²) in [6.07, 6.45) is 2.28. The number of nitrogens with zero attached hydrogens (tertiary/aromatic N) is 2. The largest absolute Gasteiger partial charge is 0.310 e. The van der Waals surface area contributed by atoms with Gasteiger partial charge in [-0.3, -0.25) is 4.90 Å². The van der Waals surface area contributed by atoms with E-state index < -0.39 is 10.0 Å². The molecule has 0 aliphatic carbocycles. The Morgan fingerprint density at radius 2 is 1.59 bits per heavy atom. The summed E-state index contributed by atoms with van der Waals surface area (Å²) in [4.78, 5) is 2.85. The minimum absolute atomic E-state index is 0.338. The van der Waals surface area contributed by atoms with Gasteiger partial charge in [-0.05, 0) is 49.2 Å². The van der Waals surface area contributed by atoms with Crippen LogP contribution in [0.15, 0.2) is 59.5 Å². The lowest BCUT2D eigenvalue weighted by Gasteiger charge is -2.32. The minimum atomic E-state index is -3.35. The van der Waals surface area contributed by atoms with Crippen LogP contribution in [-0.4, -0.2) is 50.8 Å². The molecule has 1 aliphatic heterocycles. The Morgan fingerprint density at radius 3 is 2.19 bits per heavy atom. The Hall–Kier alpha value is -1.73. The van der Waals surface area contributed by atoms with Gasteiger partial charge in [-0.2, -0.15) is 0 Å². The first-order chi connectivity index (χ1) is 12.9. The molecular formula is C21H29N3O2S. The van der Waals surface area contributed by atoms with E-state index in [1.165, 1.54) is 9.87 Å². The summed E-state index contributed by atoms with van der Waals surface area (Å²) < 4.78 is 25.5. The van der Waals surface area contributed by atoms with Gasteiger partial charge in [-0.25, -0.2) is 12.7 Å². The first-order valence-electron chi connectivity index (χ1n) is 9.46. The zero-order valence-electron chi connectivity index (χ0n) is 16.1. The van der Waals surface area contributed by atoms with E-state index in [0.29, 0.717) is 10.9 Å². The van der Waals surface area contributed by atoms with Crippen LogP contribution < -0.4 is 5.32 Å². The van der Waals surface area contributed by atoms with Crippen molar-refractivity contribution < 1.29 is 8.42 Å². The van der Waals surface area contributed by atoms with Crippen LogP contribution in [0.1, 0.15) is 24.0 Å². The molecular weight excluding hydrogens is 358 g/mol. The SMILES string of the molecule is CN(C)S(=O)(=O)c1ccc(CNC2CCN(Cc3ccccc3)CC2)cc1. The van der Waals surface area contributed by atoms with E-state index >= 15 is 0 Å². The van der Waals surface area contributed by atoms with Gasteiger partial charge in [0.25, 0.3) is 0 Å². The van der Waals surface area contributed by atoms with Crippen LogP contribution in [-0.2, 0) is 23.1 Å². The number of piperidine rings is 1. The van der Waals surface area contributed by atoms with Gasteiger partial charge in [0.05, 0.1) is 4.90 Å². The van der Waals surface area contributed by atoms with Crippen LogP contribution >= 0.6 is 0 Å².